The van der Waals surface area contributed by atoms with E-state index >= 15 is 0 Å². The Morgan fingerprint density at radius 1 is 1.23 bits per heavy atom. The van der Waals surface area contributed by atoms with Crippen LogP contribution in [0.1, 0.15) is 33.6 Å². The second-order valence-corrected chi connectivity index (χ2v) is 10.4. The molecule has 0 radical (unpaired) electrons. The predicted octanol–water partition coefficient (Wildman–Crippen LogP) is 2.53. The van der Waals surface area contributed by atoms with Crippen LogP contribution in [-0.2, 0) is 4.43 Å². The zero-order valence-corrected chi connectivity index (χ0v) is 10.4. The first kappa shape index (κ1) is 11.2. The molecule has 0 bridgehead atoms. The quantitative estimate of drug-likeness (QED) is 0.697. The smallest absolute Gasteiger partial charge is 0.192 e. The van der Waals surface area contributed by atoms with E-state index in [9.17, 15) is 0 Å². The van der Waals surface area contributed by atoms with E-state index in [2.05, 4.69) is 33.9 Å². The summed E-state index contributed by atoms with van der Waals surface area (Å²) in [4.78, 5) is 0. The Bertz CT molecular complexity index is 178. The van der Waals surface area contributed by atoms with Crippen molar-refractivity contribution in [2.24, 2.45) is 0 Å². The monoisotopic (exact) mass is 202 g/mol. The van der Waals surface area contributed by atoms with Gasteiger partial charge in [0.25, 0.3) is 0 Å². The van der Waals surface area contributed by atoms with Gasteiger partial charge in [-0.2, -0.15) is 0 Å². The highest BCUT2D eigenvalue weighted by molar-refractivity contribution is 6.74. The molecule has 3 heteroatoms. The van der Waals surface area contributed by atoms with Gasteiger partial charge in [-0.05, 0) is 31.0 Å². The van der Waals surface area contributed by atoms with Crippen molar-refractivity contribution in [1.29, 1.82) is 0 Å². The van der Waals surface area contributed by atoms with Gasteiger partial charge in [0.2, 0.25) is 0 Å². The van der Waals surface area contributed by atoms with E-state index in [1.165, 1.54) is 0 Å². The molecule has 78 valence electrons. The lowest BCUT2D eigenvalue weighted by Gasteiger charge is -2.43. The van der Waals surface area contributed by atoms with E-state index in [0.29, 0.717) is 6.10 Å². The van der Waals surface area contributed by atoms with Crippen LogP contribution in [0.2, 0.25) is 18.1 Å². The molecule has 1 N–H and O–H groups in total. The van der Waals surface area contributed by atoms with Crippen LogP contribution in [0, 0.1) is 0 Å². The maximum atomic E-state index is 9.15. The van der Waals surface area contributed by atoms with Gasteiger partial charge in [-0.1, -0.05) is 20.8 Å². The number of aliphatic hydroxyl groups is 1. The highest BCUT2D eigenvalue weighted by atomic mass is 28.4. The van der Waals surface area contributed by atoms with Gasteiger partial charge in [0.1, 0.15) is 0 Å². The third-order valence-corrected chi connectivity index (χ3v) is 7.87. The molecular weight excluding hydrogens is 180 g/mol. The summed E-state index contributed by atoms with van der Waals surface area (Å²) in [5.41, 5.74) is 0. The van der Waals surface area contributed by atoms with Gasteiger partial charge < -0.3 is 9.53 Å². The van der Waals surface area contributed by atoms with Gasteiger partial charge >= 0.3 is 0 Å². The van der Waals surface area contributed by atoms with Crippen LogP contribution in [0.15, 0.2) is 0 Å². The van der Waals surface area contributed by atoms with Crippen LogP contribution in [0.25, 0.3) is 0 Å². The maximum absolute atomic E-state index is 9.15. The van der Waals surface area contributed by atoms with Gasteiger partial charge in [0, 0.05) is 6.10 Å². The van der Waals surface area contributed by atoms with Gasteiger partial charge in [-0.25, -0.2) is 0 Å². The molecule has 0 atom stereocenters. The lowest BCUT2D eigenvalue weighted by molar-refractivity contribution is -0.0177. The molecule has 1 aliphatic carbocycles. The fraction of sp³-hybridized carbons (Fsp3) is 1.00. The van der Waals surface area contributed by atoms with Crippen LogP contribution < -0.4 is 0 Å². The lowest BCUT2D eigenvalue weighted by Crippen LogP contribution is -2.48. The highest BCUT2D eigenvalue weighted by Crippen LogP contribution is 2.39. The van der Waals surface area contributed by atoms with E-state index in [4.69, 9.17) is 9.53 Å². The zero-order chi connectivity index (χ0) is 10.3. The van der Waals surface area contributed by atoms with E-state index in [1.807, 2.05) is 0 Å². The summed E-state index contributed by atoms with van der Waals surface area (Å²) < 4.78 is 6.09. The van der Waals surface area contributed by atoms with Gasteiger partial charge in [-0.15, -0.1) is 0 Å². The van der Waals surface area contributed by atoms with Crippen molar-refractivity contribution >= 4 is 8.32 Å². The third kappa shape index (κ3) is 2.54. The second kappa shape index (κ2) is 3.37. The summed E-state index contributed by atoms with van der Waals surface area (Å²) in [7, 11) is -1.58. The molecule has 1 fully saturated rings. The van der Waals surface area contributed by atoms with Crippen molar-refractivity contribution in [2.75, 3.05) is 0 Å². The number of hydrogen-bond acceptors (Lipinski definition) is 2. The molecular formula is C10H22O2Si. The minimum Gasteiger partial charge on any atom is -0.414 e. The fourth-order valence-electron chi connectivity index (χ4n) is 1.23. The molecule has 0 aliphatic heterocycles. The summed E-state index contributed by atoms with van der Waals surface area (Å²) in [5.74, 6) is 0. The predicted molar refractivity (Wildman–Crippen MR) is 57.3 cm³/mol. The Kier molecular flexibility index (Phi) is 2.91. The topological polar surface area (TPSA) is 29.5 Å². The molecule has 0 saturated heterocycles. The summed E-state index contributed by atoms with van der Waals surface area (Å²) in [6.07, 6.45) is 1.91. The standard InChI is InChI=1S/C10H22O2Si/c1-10(2,3)13(4,5)12-9-6-8(11)7-9/h8-9,11H,6-7H2,1-5H3/t8-,9-. The van der Waals surface area contributed by atoms with Crippen LogP contribution in [0.4, 0.5) is 0 Å². The van der Waals surface area contributed by atoms with Crippen molar-refractivity contribution < 1.29 is 9.53 Å². The third-order valence-electron chi connectivity index (χ3n) is 3.34. The Labute approximate surface area is 82.4 Å². The molecule has 13 heavy (non-hydrogen) atoms. The van der Waals surface area contributed by atoms with Crippen molar-refractivity contribution in [3.05, 3.63) is 0 Å². The molecule has 0 unspecified atom stereocenters. The molecule has 0 heterocycles. The van der Waals surface area contributed by atoms with Crippen LogP contribution >= 0.6 is 0 Å². The maximum Gasteiger partial charge on any atom is 0.192 e. The molecule has 1 rings (SSSR count). The van der Waals surface area contributed by atoms with Gasteiger partial charge in [0.05, 0.1) is 6.10 Å². The zero-order valence-electron chi connectivity index (χ0n) is 9.42. The first-order valence-electron chi connectivity index (χ1n) is 5.08. The second-order valence-electron chi connectivity index (χ2n) is 5.63. The van der Waals surface area contributed by atoms with Gasteiger partial charge in [0.15, 0.2) is 8.32 Å². The lowest BCUT2D eigenvalue weighted by atomic mass is 9.93. The van der Waals surface area contributed by atoms with E-state index < -0.39 is 8.32 Å². The molecule has 0 spiro atoms. The van der Waals surface area contributed by atoms with Crippen molar-refractivity contribution in [1.82, 2.24) is 0 Å². The Morgan fingerprint density at radius 3 is 2.00 bits per heavy atom. The molecule has 0 aromatic rings. The molecule has 2 nitrogen and oxygen atoms in total. The van der Waals surface area contributed by atoms with E-state index in [-0.39, 0.29) is 11.1 Å². The van der Waals surface area contributed by atoms with Crippen molar-refractivity contribution in [2.45, 2.75) is 64.0 Å². The van der Waals surface area contributed by atoms with E-state index in [0.717, 1.165) is 12.8 Å². The largest absolute Gasteiger partial charge is 0.414 e. The van der Waals surface area contributed by atoms with Crippen molar-refractivity contribution in [3.8, 4) is 0 Å². The summed E-state index contributed by atoms with van der Waals surface area (Å²) in [6, 6.07) is 0. The van der Waals surface area contributed by atoms with E-state index in [1.54, 1.807) is 0 Å². The van der Waals surface area contributed by atoms with Crippen molar-refractivity contribution in [3.63, 3.8) is 0 Å². The minimum atomic E-state index is -1.58. The molecule has 1 aliphatic rings. The van der Waals surface area contributed by atoms with Gasteiger partial charge in [-0.3, -0.25) is 0 Å². The number of aliphatic hydroxyl groups excluding tert-OH is 1. The average molecular weight is 202 g/mol. The summed E-state index contributed by atoms with van der Waals surface area (Å²) in [5, 5.41) is 9.44. The molecule has 0 aromatic carbocycles. The number of rotatable bonds is 2. The average Bonchev–Trinajstić information content (AvgIpc) is 1.80. The van der Waals surface area contributed by atoms with Crippen LogP contribution in [0.5, 0.6) is 0 Å². The minimum absolute atomic E-state index is 0.102. The summed E-state index contributed by atoms with van der Waals surface area (Å²) >= 11 is 0. The normalized spacial score (nSPS) is 30.0. The SMILES string of the molecule is CC(C)(C)[Si](C)(C)O[C@H]1C[C@H](O)C1. The molecule has 0 amide bonds. The number of hydrogen-bond donors (Lipinski definition) is 1. The molecule has 0 aromatic heterocycles. The Balaban J connectivity index is 2.43. The van der Waals surface area contributed by atoms with Crippen LogP contribution in [0.3, 0.4) is 0 Å². The fourth-order valence-corrected chi connectivity index (χ4v) is 2.61. The highest BCUT2D eigenvalue weighted by Gasteiger charge is 2.41. The Hall–Kier alpha value is 0.137. The Morgan fingerprint density at radius 2 is 1.69 bits per heavy atom. The van der Waals surface area contributed by atoms with Crippen LogP contribution in [-0.4, -0.2) is 25.6 Å². The molecule has 1 saturated carbocycles. The summed E-state index contributed by atoms with van der Waals surface area (Å²) in [6.45, 7) is 11.3. The first-order chi connectivity index (χ1) is 5.72. The first-order valence-corrected chi connectivity index (χ1v) is 7.99.